The molecule has 1 aliphatic heterocycles. The molecule has 1 aliphatic carbocycles. The molecule has 1 saturated heterocycles. The number of hydrogen-bond acceptors (Lipinski definition) is 3. The number of hydrogen-bond donors (Lipinski definition) is 1. The number of halogens is 1. The fourth-order valence-electron chi connectivity index (χ4n) is 4.13. The maximum Gasteiger partial charge on any atom is 0.193 e. The van der Waals surface area contributed by atoms with Crippen molar-refractivity contribution in [3.63, 3.8) is 0 Å². The lowest BCUT2D eigenvalue weighted by atomic mass is 9.68. The molecule has 0 radical (unpaired) electrons. The zero-order chi connectivity index (χ0) is 16.4. The van der Waals surface area contributed by atoms with Crippen LogP contribution in [-0.4, -0.2) is 42.2 Å². The third-order valence-electron chi connectivity index (χ3n) is 5.58. The van der Waals surface area contributed by atoms with E-state index in [-0.39, 0.29) is 24.0 Å². The summed E-state index contributed by atoms with van der Waals surface area (Å²) in [7, 11) is 0. The molecule has 1 N–H and O–H groups in total. The Hall–Kier alpha value is -0.790. The molecule has 1 aromatic rings. The van der Waals surface area contributed by atoms with Crippen molar-refractivity contribution in [2.24, 2.45) is 10.4 Å². The van der Waals surface area contributed by atoms with Crippen molar-refractivity contribution < 1.29 is 4.52 Å². The molecule has 0 bridgehead atoms. The molecule has 24 heavy (non-hydrogen) atoms. The molecule has 3 rings (SSSR count). The molecule has 1 unspecified atom stereocenters. The fourth-order valence-corrected chi connectivity index (χ4v) is 4.13. The lowest BCUT2D eigenvalue weighted by Gasteiger charge is -2.38. The highest BCUT2D eigenvalue weighted by Gasteiger charge is 2.43. The predicted molar refractivity (Wildman–Crippen MR) is 108 cm³/mol. The Morgan fingerprint density at radius 1 is 1.38 bits per heavy atom. The van der Waals surface area contributed by atoms with Gasteiger partial charge >= 0.3 is 0 Å². The Bertz CT molecular complexity index is 560. The summed E-state index contributed by atoms with van der Waals surface area (Å²) in [5, 5.41) is 7.54. The molecule has 5 nitrogen and oxygen atoms in total. The van der Waals surface area contributed by atoms with Crippen LogP contribution >= 0.6 is 24.0 Å². The Morgan fingerprint density at radius 2 is 2.12 bits per heavy atom. The smallest absolute Gasteiger partial charge is 0.193 e. The Balaban J connectivity index is 0.00000208. The van der Waals surface area contributed by atoms with E-state index in [1.165, 1.54) is 37.8 Å². The topological polar surface area (TPSA) is 53.7 Å². The zero-order valence-electron chi connectivity index (χ0n) is 15.4. The molecule has 1 saturated carbocycles. The number of rotatable bonds is 4. The van der Waals surface area contributed by atoms with Crippen LogP contribution < -0.4 is 5.32 Å². The first-order valence-electron chi connectivity index (χ1n) is 9.01. The summed E-state index contributed by atoms with van der Waals surface area (Å²) in [5.41, 5.74) is 2.80. The summed E-state index contributed by atoms with van der Waals surface area (Å²) in [6, 6.07) is 0. The van der Waals surface area contributed by atoms with Crippen molar-refractivity contribution in [1.29, 1.82) is 0 Å². The molecule has 2 heterocycles. The maximum atomic E-state index is 5.30. The van der Waals surface area contributed by atoms with Gasteiger partial charge in [0.05, 0.1) is 5.69 Å². The van der Waals surface area contributed by atoms with E-state index in [1.54, 1.807) is 0 Å². The average Bonchev–Trinajstić information content (AvgIpc) is 3.07. The van der Waals surface area contributed by atoms with Gasteiger partial charge in [-0.25, -0.2) is 0 Å². The van der Waals surface area contributed by atoms with Crippen LogP contribution in [0.1, 0.15) is 62.5 Å². The van der Waals surface area contributed by atoms with E-state index in [4.69, 9.17) is 9.52 Å². The Kier molecular flexibility index (Phi) is 6.56. The fraction of sp³-hybridized carbons (Fsp3) is 0.778. The van der Waals surface area contributed by atoms with E-state index in [9.17, 15) is 0 Å². The number of aryl methyl sites for hydroxylation is 2. The molecule has 1 atom stereocenters. The van der Waals surface area contributed by atoms with Crippen molar-refractivity contribution in [3.05, 3.63) is 17.0 Å². The quantitative estimate of drug-likeness (QED) is 0.434. The maximum absolute atomic E-state index is 5.30. The van der Waals surface area contributed by atoms with Gasteiger partial charge in [0, 0.05) is 37.7 Å². The number of guanidine groups is 1. The van der Waals surface area contributed by atoms with E-state index >= 15 is 0 Å². The number of aliphatic imine (C=N–C) groups is 1. The summed E-state index contributed by atoms with van der Waals surface area (Å²) in [6.45, 7) is 12.4. The average molecular weight is 446 g/mol. The molecular formula is C18H31IN4O. The SMILES string of the molecule is CCNC(=NCC(C)c1c(C)noc1C)N1CCC2(CCC2)C1.I. The van der Waals surface area contributed by atoms with E-state index < -0.39 is 0 Å². The molecule has 2 fully saturated rings. The standard InChI is InChI=1S/C18H30N4O.HI/c1-5-19-17(22-10-9-18(12-22)7-6-8-18)20-11-13(2)16-14(3)21-23-15(16)4;/h13H,5-12H2,1-4H3,(H,19,20);1H. The summed E-state index contributed by atoms with van der Waals surface area (Å²) in [5.74, 6) is 2.33. The Labute approximate surface area is 162 Å². The highest BCUT2D eigenvalue weighted by molar-refractivity contribution is 14.0. The Morgan fingerprint density at radius 3 is 2.62 bits per heavy atom. The van der Waals surface area contributed by atoms with Crippen LogP contribution in [0.25, 0.3) is 0 Å². The summed E-state index contributed by atoms with van der Waals surface area (Å²) < 4.78 is 5.30. The summed E-state index contributed by atoms with van der Waals surface area (Å²) >= 11 is 0. The minimum atomic E-state index is 0. The van der Waals surface area contributed by atoms with Gasteiger partial charge in [-0.2, -0.15) is 0 Å². The lowest BCUT2D eigenvalue weighted by Crippen LogP contribution is -2.42. The molecule has 1 spiro atoms. The number of nitrogens with zero attached hydrogens (tertiary/aromatic N) is 3. The molecular weight excluding hydrogens is 415 g/mol. The monoisotopic (exact) mass is 446 g/mol. The van der Waals surface area contributed by atoms with Crippen molar-refractivity contribution >= 4 is 29.9 Å². The van der Waals surface area contributed by atoms with Gasteiger partial charge in [-0.05, 0) is 45.4 Å². The number of nitrogens with one attached hydrogen (secondary N) is 1. The van der Waals surface area contributed by atoms with E-state index in [2.05, 4.69) is 29.2 Å². The van der Waals surface area contributed by atoms with E-state index in [0.717, 1.165) is 37.0 Å². The third kappa shape index (κ3) is 3.89. The van der Waals surface area contributed by atoms with Crippen LogP contribution in [0.4, 0.5) is 0 Å². The number of likely N-dealkylation sites (tertiary alicyclic amines) is 1. The van der Waals surface area contributed by atoms with Crippen LogP contribution in [-0.2, 0) is 0 Å². The highest BCUT2D eigenvalue weighted by Crippen LogP contribution is 2.47. The van der Waals surface area contributed by atoms with Gasteiger partial charge < -0.3 is 14.7 Å². The molecule has 2 aliphatic rings. The first kappa shape index (κ1) is 19.5. The van der Waals surface area contributed by atoms with Crippen molar-refractivity contribution in [2.75, 3.05) is 26.2 Å². The van der Waals surface area contributed by atoms with Gasteiger partial charge in [-0.3, -0.25) is 4.99 Å². The van der Waals surface area contributed by atoms with Crippen molar-refractivity contribution in [2.45, 2.75) is 59.3 Å². The molecule has 6 heteroatoms. The van der Waals surface area contributed by atoms with Gasteiger partial charge in [-0.1, -0.05) is 18.5 Å². The molecule has 136 valence electrons. The van der Waals surface area contributed by atoms with Gasteiger partial charge in [0.2, 0.25) is 0 Å². The van der Waals surface area contributed by atoms with Crippen LogP contribution in [0.15, 0.2) is 9.52 Å². The van der Waals surface area contributed by atoms with E-state index in [0.29, 0.717) is 11.3 Å². The second kappa shape index (κ2) is 8.06. The van der Waals surface area contributed by atoms with Gasteiger partial charge in [0.25, 0.3) is 0 Å². The second-order valence-corrected chi connectivity index (χ2v) is 7.36. The largest absolute Gasteiger partial charge is 0.361 e. The summed E-state index contributed by atoms with van der Waals surface area (Å²) in [4.78, 5) is 7.38. The third-order valence-corrected chi connectivity index (χ3v) is 5.58. The van der Waals surface area contributed by atoms with Gasteiger partial charge in [0.15, 0.2) is 5.96 Å². The van der Waals surface area contributed by atoms with E-state index in [1.807, 2.05) is 13.8 Å². The second-order valence-electron chi connectivity index (χ2n) is 7.36. The normalized spacial score (nSPS) is 20.7. The van der Waals surface area contributed by atoms with Crippen LogP contribution in [0.2, 0.25) is 0 Å². The first-order valence-corrected chi connectivity index (χ1v) is 9.01. The van der Waals surface area contributed by atoms with Crippen LogP contribution in [0, 0.1) is 19.3 Å². The van der Waals surface area contributed by atoms with Crippen molar-refractivity contribution in [3.8, 4) is 0 Å². The van der Waals surface area contributed by atoms with Crippen LogP contribution in [0.3, 0.4) is 0 Å². The summed E-state index contributed by atoms with van der Waals surface area (Å²) in [6.07, 6.45) is 5.54. The molecule has 0 amide bonds. The van der Waals surface area contributed by atoms with Crippen LogP contribution in [0.5, 0.6) is 0 Å². The lowest BCUT2D eigenvalue weighted by molar-refractivity contribution is 0.151. The first-order chi connectivity index (χ1) is 11.0. The van der Waals surface area contributed by atoms with Gasteiger partial charge in [-0.15, -0.1) is 24.0 Å². The molecule has 1 aromatic heterocycles. The number of aromatic nitrogens is 1. The van der Waals surface area contributed by atoms with Crippen molar-refractivity contribution in [1.82, 2.24) is 15.4 Å². The molecule has 0 aromatic carbocycles. The highest BCUT2D eigenvalue weighted by atomic mass is 127. The zero-order valence-corrected chi connectivity index (χ0v) is 17.7. The minimum Gasteiger partial charge on any atom is -0.361 e. The predicted octanol–water partition coefficient (Wildman–Crippen LogP) is 3.85. The van der Waals surface area contributed by atoms with Gasteiger partial charge in [0.1, 0.15) is 5.76 Å². The minimum absolute atomic E-state index is 0.